The number of halogens is 2. The number of aryl methyl sites for hydroxylation is 2. The van der Waals surface area contributed by atoms with Crippen molar-refractivity contribution in [3.63, 3.8) is 0 Å². The van der Waals surface area contributed by atoms with Gasteiger partial charge in [0.15, 0.2) is 5.82 Å². The van der Waals surface area contributed by atoms with E-state index in [0.717, 1.165) is 24.2 Å². The van der Waals surface area contributed by atoms with Gasteiger partial charge >= 0.3 is 0 Å². The highest BCUT2D eigenvalue weighted by Gasteiger charge is 2.12. The fourth-order valence-corrected chi connectivity index (χ4v) is 2.09. The first-order valence-electron chi connectivity index (χ1n) is 5.36. The van der Waals surface area contributed by atoms with Gasteiger partial charge in [-0.05, 0) is 51.3 Å². The van der Waals surface area contributed by atoms with Crippen molar-refractivity contribution >= 4 is 15.9 Å². The Morgan fingerprint density at radius 3 is 2.88 bits per heavy atom. The van der Waals surface area contributed by atoms with E-state index in [2.05, 4.69) is 31.5 Å². The molecule has 0 unspecified atom stereocenters. The lowest BCUT2D eigenvalue weighted by Crippen LogP contribution is -2.05. The highest BCUT2D eigenvalue weighted by atomic mass is 79.9. The van der Waals surface area contributed by atoms with Crippen LogP contribution in [0.2, 0.25) is 0 Å². The van der Waals surface area contributed by atoms with Crippen molar-refractivity contribution in [1.29, 1.82) is 0 Å². The van der Waals surface area contributed by atoms with Crippen LogP contribution in [0.25, 0.3) is 5.69 Å². The number of aromatic nitrogens is 4. The molecule has 0 bridgehead atoms. The third-order valence-electron chi connectivity index (χ3n) is 2.47. The molecule has 0 spiro atoms. The molecule has 90 valence electrons. The highest BCUT2D eigenvalue weighted by Crippen LogP contribution is 2.23. The lowest BCUT2D eigenvalue weighted by atomic mass is 10.2. The van der Waals surface area contributed by atoms with Crippen LogP contribution in [0.5, 0.6) is 0 Å². The Morgan fingerprint density at radius 1 is 1.41 bits per heavy atom. The summed E-state index contributed by atoms with van der Waals surface area (Å²) >= 11 is 3.16. The second-order valence-electron chi connectivity index (χ2n) is 3.81. The van der Waals surface area contributed by atoms with Crippen molar-refractivity contribution < 1.29 is 4.39 Å². The third-order valence-corrected chi connectivity index (χ3v) is 3.08. The minimum absolute atomic E-state index is 0.316. The number of hydrogen-bond donors (Lipinski definition) is 0. The first-order valence-corrected chi connectivity index (χ1v) is 6.16. The molecule has 1 aromatic heterocycles. The molecule has 1 aromatic carbocycles. The molecular formula is C11H12BrFN4. The first kappa shape index (κ1) is 12.2. The Morgan fingerprint density at radius 2 is 2.18 bits per heavy atom. The van der Waals surface area contributed by atoms with Gasteiger partial charge in [0.2, 0.25) is 0 Å². The van der Waals surface area contributed by atoms with Gasteiger partial charge in [0.05, 0.1) is 10.2 Å². The third kappa shape index (κ3) is 2.36. The summed E-state index contributed by atoms with van der Waals surface area (Å²) in [6.45, 7) is 3.95. The van der Waals surface area contributed by atoms with Crippen molar-refractivity contribution in [1.82, 2.24) is 20.2 Å². The number of nitrogens with zero attached hydrogens (tertiary/aromatic N) is 4. The maximum atomic E-state index is 13.5. The van der Waals surface area contributed by atoms with E-state index >= 15 is 0 Å². The standard InChI is InChI=1S/C11H12BrFN4/c1-3-4-11-14-15-16-17(11)10-6-9(13)8(12)5-7(10)2/h5-6H,3-4H2,1-2H3. The molecule has 0 saturated heterocycles. The molecule has 6 heteroatoms. The zero-order chi connectivity index (χ0) is 12.4. The van der Waals surface area contributed by atoms with Crippen LogP contribution in [0.4, 0.5) is 4.39 Å². The molecule has 0 atom stereocenters. The molecular weight excluding hydrogens is 287 g/mol. The SMILES string of the molecule is CCCc1nnnn1-c1cc(F)c(Br)cc1C. The first-order chi connectivity index (χ1) is 8.13. The van der Waals surface area contributed by atoms with Crippen LogP contribution in [-0.2, 0) is 6.42 Å². The zero-order valence-electron chi connectivity index (χ0n) is 9.61. The number of rotatable bonds is 3. The molecule has 0 saturated carbocycles. The Hall–Kier alpha value is -1.30. The average Bonchev–Trinajstić information content (AvgIpc) is 2.72. The summed E-state index contributed by atoms with van der Waals surface area (Å²) in [6.07, 6.45) is 1.71. The van der Waals surface area contributed by atoms with E-state index in [1.807, 2.05) is 13.8 Å². The topological polar surface area (TPSA) is 43.6 Å². The molecule has 0 aliphatic carbocycles. The van der Waals surface area contributed by atoms with Crippen molar-refractivity contribution in [3.05, 3.63) is 33.8 Å². The van der Waals surface area contributed by atoms with Gasteiger partial charge in [0.25, 0.3) is 0 Å². The van der Waals surface area contributed by atoms with E-state index in [9.17, 15) is 4.39 Å². The highest BCUT2D eigenvalue weighted by molar-refractivity contribution is 9.10. The maximum Gasteiger partial charge on any atom is 0.156 e. The van der Waals surface area contributed by atoms with Gasteiger partial charge in [0.1, 0.15) is 5.82 Å². The molecule has 0 fully saturated rings. The summed E-state index contributed by atoms with van der Waals surface area (Å²) in [4.78, 5) is 0. The van der Waals surface area contributed by atoms with E-state index in [1.54, 1.807) is 10.7 Å². The Kier molecular flexibility index (Phi) is 3.51. The maximum absolute atomic E-state index is 13.5. The minimum Gasteiger partial charge on any atom is -0.206 e. The molecule has 4 nitrogen and oxygen atoms in total. The molecule has 2 aromatic rings. The molecule has 0 aliphatic heterocycles. The summed E-state index contributed by atoms with van der Waals surface area (Å²) in [5.74, 6) is 0.431. The predicted molar refractivity (Wildman–Crippen MR) is 65.5 cm³/mol. The zero-order valence-corrected chi connectivity index (χ0v) is 11.2. The molecule has 0 N–H and O–H groups in total. The lowest BCUT2D eigenvalue weighted by molar-refractivity contribution is 0.616. The van der Waals surface area contributed by atoms with Crippen molar-refractivity contribution in [3.8, 4) is 5.69 Å². The summed E-state index contributed by atoms with van der Waals surface area (Å²) in [5.41, 5.74) is 1.60. The van der Waals surface area contributed by atoms with E-state index in [4.69, 9.17) is 0 Å². The molecule has 17 heavy (non-hydrogen) atoms. The summed E-state index contributed by atoms with van der Waals surface area (Å²) in [6, 6.07) is 3.16. The normalized spacial score (nSPS) is 10.8. The van der Waals surface area contributed by atoms with Gasteiger partial charge in [-0.25, -0.2) is 4.39 Å². The van der Waals surface area contributed by atoms with E-state index in [1.165, 1.54) is 6.07 Å². The Bertz CT molecular complexity index is 538. The number of hydrogen-bond acceptors (Lipinski definition) is 3. The van der Waals surface area contributed by atoms with Crippen molar-refractivity contribution in [2.45, 2.75) is 26.7 Å². The fourth-order valence-electron chi connectivity index (χ4n) is 1.64. The second kappa shape index (κ2) is 4.91. The summed E-state index contributed by atoms with van der Waals surface area (Å²) < 4.78 is 15.6. The lowest BCUT2D eigenvalue weighted by Gasteiger charge is -2.08. The Balaban J connectivity index is 2.52. The van der Waals surface area contributed by atoms with Crippen molar-refractivity contribution in [2.24, 2.45) is 0 Å². The summed E-state index contributed by atoms with van der Waals surface area (Å²) in [5, 5.41) is 11.5. The predicted octanol–water partition coefficient (Wildman–Crippen LogP) is 2.82. The monoisotopic (exact) mass is 298 g/mol. The van der Waals surface area contributed by atoms with Crippen LogP contribution in [-0.4, -0.2) is 20.2 Å². The van der Waals surface area contributed by atoms with Gasteiger partial charge in [0, 0.05) is 12.5 Å². The van der Waals surface area contributed by atoms with E-state index in [-0.39, 0.29) is 5.82 Å². The van der Waals surface area contributed by atoms with Gasteiger partial charge in [-0.1, -0.05) is 6.92 Å². The second-order valence-corrected chi connectivity index (χ2v) is 4.66. The van der Waals surface area contributed by atoms with E-state index in [0.29, 0.717) is 10.2 Å². The molecule has 0 radical (unpaired) electrons. The molecule has 1 heterocycles. The van der Waals surface area contributed by atoms with Gasteiger partial charge < -0.3 is 0 Å². The van der Waals surface area contributed by atoms with Crippen LogP contribution < -0.4 is 0 Å². The average molecular weight is 299 g/mol. The summed E-state index contributed by atoms with van der Waals surface area (Å²) in [7, 11) is 0. The number of tetrazole rings is 1. The largest absolute Gasteiger partial charge is 0.206 e. The minimum atomic E-state index is -0.316. The van der Waals surface area contributed by atoms with Gasteiger partial charge in [-0.3, -0.25) is 0 Å². The molecule has 0 amide bonds. The van der Waals surface area contributed by atoms with Crippen LogP contribution in [0.3, 0.4) is 0 Å². The number of benzene rings is 1. The molecule has 2 rings (SSSR count). The van der Waals surface area contributed by atoms with Crippen LogP contribution in [0.15, 0.2) is 16.6 Å². The van der Waals surface area contributed by atoms with Crippen molar-refractivity contribution in [2.75, 3.05) is 0 Å². The Labute approximate surface area is 107 Å². The molecule has 0 aliphatic rings. The van der Waals surface area contributed by atoms with Crippen LogP contribution in [0.1, 0.15) is 24.7 Å². The van der Waals surface area contributed by atoms with Crippen LogP contribution >= 0.6 is 15.9 Å². The van der Waals surface area contributed by atoms with E-state index < -0.39 is 0 Å². The quantitative estimate of drug-likeness (QED) is 0.875. The smallest absolute Gasteiger partial charge is 0.156 e. The van der Waals surface area contributed by atoms with Gasteiger partial charge in [-0.2, -0.15) is 4.68 Å². The van der Waals surface area contributed by atoms with Gasteiger partial charge in [-0.15, -0.1) is 5.10 Å². The van der Waals surface area contributed by atoms with Crippen LogP contribution in [0, 0.1) is 12.7 Å². The fraction of sp³-hybridized carbons (Fsp3) is 0.364.